The molecular weight excluding hydrogens is 332 g/mol. The molecule has 1 saturated carbocycles. The number of ether oxygens (including phenoxy) is 2. The predicted octanol–water partition coefficient (Wildman–Crippen LogP) is 0.713. The molecule has 1 amide bonds. The quantitative estimate of drug-likeness (QED) is 0.651. The van der Waals surface area contributed by atoms with Gasteiger partial charge in [0.1, 0.15) is 12.6 Å². The molecule has 2 bridgehead atoms. The molecule has 148 valence electrons. The molecule has 4 rings (SSSR count). The highest BCUT2D eigenvalue weighted by molar-refractivity contribution is 5.67. The summed E-state index contributed by atoms with van der Waals surface area (Å²) in [6.07, 6.45) is 4.16. The monoisotopic (exact) mass is 367 g/mol. The van der Waals surface area contributed by atoms with Crippen LogP contribution in [0.2, 0.25) is 0 Å². The van der Waals surface area contributed by atoms with Gasteiger partial charge in [0.2, 0.25) is 0 Å². The number of aliphatic hydroxyl groups is 1. The van der Waals surface area contributed by atoms with Gasteiger partial charge in [-0.05, 0) is 42.6 Å². The third kappa shape index (κ3) is 4.24. The van der Waals surface area contributed by atoms with Crippen LogP contribution in [0.15, 0.2) is 11.6 Å². The van der Waals surface area contributed by atoms with Crippen molar-refractivity contribution in [3.05, 3.63) is 11.6 Å². The molecule has 0 aromatic carbocycles. The molecule has 0 unspecified atom stereocenters. The summed E-state index contributed by atoms with van der Waals surface area (Å²) in [5.41, 5.74) is 1.86. The fraction of sp³-hybridized carbons (Fsp3) is 0.850. The number of carbonyl (C=O) groups is 1. The Bertz CT molecular complexity index is 526. The third-order valence-electron chi connectivity index (χ3n) is 6.68. The molecule has 26 heavy (non-hydrogen) atoms. The zero-order chi connectivity index (χ0) is 18.7. The normalized spacial score (nSPS) is 28.9. The van der Waals surface area contributed by atoms with Crippen LogP contribution in [0.3, 0.4) is 0 Å². The van der Waals surface area contributed by atoms with E-state index in [-0.39, 0.29) is 6.09 Å². The Hall–Kier alpha value is -1.11. The predicted molar refractivity (Wildman–Crippen MR) is 99.1 cm³/mol. The van der Waals surface area contributed by atoms with Gasteiger partial charge in [-0.2, -0.15) is 0 Å². The number of carbonyl (C=O) groups excluding carboxylic acids is 1. The Labute approximate surface area is 157 Å². The minimum Gasteiger partial charge on any atom is -0.450 e. The van der Waals surface area contributed by atoms with Crippen molar-refractivity contribution < 1.29 is 24.3 Å². The fourth-order valence-electron chi connectivity index (χ4n) is 4.77. The van der Waals surface area contributed by atoms with Crippen LogP contribution in [0.4, 0.5) is 4.79 Å². The van der Waals surface area contributed by atoms with E-state index in [4.69, 9.17) is 9.47 Å². The number of piperazine rings is 1. The molecule has 4 aliphatic rings. The average Bonchev–Trinajstić information content (AvgIpc) is 2.62. The first-order chi connectivity index (χ1) is 12.4. The average molecular weight is 368 g/mol. The first-order valence-corrected chi connectivity index (χ1v) is 10.1. The van der Waals surface area contributed by atoms with Gasteiger partial charge in [0.15, 0.2) is 0 Å². The van der Waals surface area contributed by atoms with Crippen LogP contribution in [-0.4, -0.2) is 74.7 Å². The summed E-state index contributed by atoms with van der Waals surface area (Å²) in [6.45, 7) is 11.8. The summed E-state index contributed by atoms with van der Waals surface area (Å²) in [5.74, 6) is 1.51. The number of allylic oxidation sites excluding steroid dienone is 1. The van der Waals surface area contributed by atoms with Gasteiger partial charge < -0.3 is 19.5 Å². The van der Waals surface area contributed by atoms with Crippen molar-refractivity contribution in [1.82, 2.24) is 4.90 Å². The standard InChI is InChI=1S/C20H34N2O4/c1-4-26-19(24)22-9-7-21(8-10-22)12-17(23)14-25-13-15-5-6-16-11-18(15)20(16,2)3/h5,16-18,23H,4,6-14H2,1-3H3/p+1/t16-,17-,18-/m0/s1. The molecule has 1 heterocycles. The van der Waals surface area contributed by atoms with Crippen LogP contribution in [-0.2, 0) is 9.47 Å². The van der Waals surface area contributed by atoms with Gasteiger partial charge in [-0.25, -0.2) is 4.79 Å². The lowest BCUT2D eigenvalue weighted by Crippen LogP contribution is -3.15. The first-order valence-electron chi connectivity index (χ1n) is 10.1. The van der Waals surface area contributed by atoms with E-state index in [0.717, 1.165) is 19.0 Å². The highest BCUT2D eigenvalue weighted by Crippen LogP contribution is 2.59. The van der Waals surface area contributed by atoms with Crippen LogP contribution in [0.5, 0.6) is 0 Å². The summed E-state index contributed by atoms with van der Waals surface area (Å²) < 4.78 is 10.9. The summed E-state index contributed by atoms with van der Waals surface area (Å²) >= 11 is 0. The van der Waals surface area contributed by atoms with Crippen LogP contribution in [0.1, 0.15) is 33.6 Å². The van der Waals surface area contributed by atoms with Gasteiger partial charge in [-0.1, -0.05) is 19.9 Å². The zero-order valence-electron chi connectivity index (χ0n) is 16.5. The second kappa shape index (κ2) is 8.28. The molecule has 3 aliphatic carbocycles. The lowest BCUT2D eigenvalue weighted by atomic mass is 9.49. The van der Waals surface area contributed by atoms with Crippen molar-refractivity contribution in [2.24, 2.45) is 17.3 Å². The van der Waals surface area contributed by atoms with E-state index in [1.54, 1.807) is 4.90 Å². The Morgan fingerprint density at radius 3 is 2.77 bits per heavy atom. The van der Waals surface area contributed by atoms with Crippen molar-refractivity contribution in [3.63, 3.8) is 0 Å². The number of quaternary nitrogens is 1. The van der Waals surface area contributed by atoms with Gasteiger partial charge >= 0.3 is 6.09 Å². The van der Waals surface area contributed by atoms with E-state index in [0.29, 0.717) is 50.8 Å². The molecule has 0 radical (unpaired) electrons. The highest BCUT2D eigenvalue weighted by atomic mass is 16.6. The molecule has 2 N–H and O–H groups in total. The molecule has 1 saturated heterocycles. The van der Waals surface area contributed by atoms with E-state index in [1.807, 2.05) is 6.92 Å². The maximum absolute atomic E-state index is 11.7. The Morgan fingerprint density at radius 2 is 2.15 bits per heavy atom. The van der Waals surface area contributed by atoms with Crippen molar-refractivity contribution in [2.45, 2.75) is 39.7 Å². The molecule has 0 aromatic rings. The largest absolute Gasteiger partial charge is 0.450 e. The number of fused-ring (bicyclic) bond motifs is 1. The van der Waals surface area contributed by atoms with E-state index >= 15 is 0 Å². The molecule has 1 aliphatic heterocycles. The molecule has 0 spiro atoms. The van der Waals surface area contributed by atoms with E-state index in [1.165, 1.54) is 23.3 Å². The number of rotatable bonds is 7. The number of hydrogen-bond acceptors (Lipinski definition) is 4. The van der Waals surface area contributed by atoms with Crippen molar-refractivity contribution in [2.75, 3.05) is 52.5 Å². The van der Waals surface area contributed by atoms with Crippen LogP contribution < -0.4 is 4.90 Å². The number of nitrogens with one attached hydrogen (secondary N) is 1. The summed E-state index contributed by atoms with van der Waals surface area (Å²) in [5, 5.41) is 10.3. The second-order valence-corrected chi connectivity index (χ2v) is 8.63. The summed E-state index contributed by atoms with van der Waals surface area (Å²) in [6, 6.07) is 0. The Balaban J connectivity index is 1.32. The van der Waals surface area contributed by atoms with Gasteiger partial charge in [0, 0.05) is 0 Å². The number of nitrogens with zero attached hydrogens (tertiary/aromatic N) is 1. The number of amides is 1. The van der Waals surface area contributed by atoms with E-state index < -0.39 is 6.10 Å². The van der Waals surface area contributed by atoms with Crippen molar-refractivity contribution in [1.29, 1.82) is 0 Å². The molecular formula is C20H35N2O4+. The van der Waals surface area contributed by atoms with Crippen LogP contribution >= 0.6 is 0 Å². The third-order valence-corrected chi connectivity index (χ3v) is 6.68. The molecule has 2 fully saturated rings. The topological polar surface area (TPSA) is 63.4 Å². The minimum atomic E-state index is -0.453. The zero-order valence-corrected chi connectivity index (χ0v) is 16.5. The highest BCUT2D eigenvalue weighted by Gasteiger charge is 2.50. The van der Waals surface area contributed by atoms with Crippen LogP contribution in [0.25, 0.3) is 0 Å². The molecule has 6 nitrogen and oxygen atoms in total. The maximum Gasteiger partial charge on any atom is 0.410 e. The van der Waals surface area contributed by atoms with E-state index in [2.05, 4.69) is 19.9 Å². The first kappa shape index (κ1) is 19.6. The van der Waals surface area contributed by atoms with Crippen LogP contribution in [0, 0.1) is 17.3 Å². The molecule has 6 heteroatoms. The Kier molecular flexibility index (Phi) is 6.25. The van der Waals surface area contributed by atoms with Crippen molar-refractivity contribution >= 4 is 6.09 Å². The fourth-order valence-corrected chi connectivity index (χ4v) is 4.77. The number of aliphatic hydroxyl groups excluding tert-OH is 1. The van der Waals surface area contributed by atoms with Crippen molar-refractivity contribution in [3.8, 4) is 0 Å². The minimum absolute atomic E-state index is 0.225. The van der Waals surface area contributed by atoms with Gasteiger partial charge in [0.25, 0.3) is 0 Å². The van der Waals surface area contributed by atoms with Gasteiger partial charge in [-0.3, -0.25) is 4.90 Å². The lowest BCUT2D eigenvalue weighted by Gasteiger charge is -2.56. The number of hydrogen-bond donors (Lipinski definition) is 2. The molecule has 3 atom stereocenters. The second-order valence-electron chi connectivity index (χ2n) is 8.63. The molecule has 0 aromatic heterocycles. The summed E-state index contributed by atoms with van der Waals surface area (Å²) in [7, 11) is 0. The SMILES string of the molecule is CCOC(=O)N1CC[NH+](C[C@H](O)COCC2=CC[C@H]3C[C@@H]2C3(C)C)CC1. The Morgan fingerprint density at radius 1 is 1.42 bits per heavy atom. The smallest absolute Gasteiger partial charge is 0.410 e. The maximum atomic E-state index is 11.7. The lowest BCUT2D eigenvalue weighted by molar-refractivity contribution is -0.907. The summed E-state index contributed by atoms with van der Waals surface area (Å²) in [4.78, 5) is 14.8. The van der Waals surface area contributed by atoms with Gasteiger partial charge in [-0.15, -0.1) is 0 Å². The van der Waals surface area contributed by atoms with Gasteiger partial charge in [0.05, 0.1) is 46.0 Å². The van der Waals surface area contributed by atoms with E-state index in [9.17, 15) is 9.90 Å².